The molecule has 28 heavy (non-hydrogen) atoms. The summed E-state index contributed by atoms with van der Waals surface area (Å²) in [4.78, 5) is 24.8. The highest BCUT2D eigenvalue weighted by molar-refractivity contribution is 6.33. The molecule has 0 saturated carbocycles. The smallest absolute Gasteiger partial charge is 0.271 e. The zero-order valence-electron chi connectivity index (χ0n) is 15.7. The van der Waals surface area contributed by atoms with Crippen molar-refractivity contribution in [3.8, 4) is 0 Å². The van der Waals surface area contributed by atoms with E-state index in [1.165, 1.54) is 12.1 Å². The molecule has 1 aliphatic heterocycles. The van der Waals surface area contributed by atoms with Gasteiger partial charge in [0.2, 0.25) is 0 Å². The summed E-state index contributed by atoms with van der Waals surface area (Å²) in [5.74, 6) is -0.0000717. The molecule has 0 aliphatic carbocycles. The molecule has 1 N–H and O–H groups in total. The number of benzene rings is 2. The Morgan fingerprint density at radius 2 is 1.86 bits per heavy atom. The lowest BCUT2D eigenvalue weighted by Crippen LogP contribution is -2.48. The van der Waals surface area contributed by atoms with Gasteiger partial charge in [-0.3, -0.25) is 14.9 Å². The van der Waals surface area contributed by atoms with Crippen LogP contribution in [0.3, 0.4) is 0 Å². The molecule has 8 heteroatoms. The van der Waals surface area contributed by atoms with E-state index < -0.39 is 4.92 Å². The molecule has 2 aromatic carbocycles. The number of carbonyl (C=O) groups excluding carboxylic acids is 1. The minimum atomic E-state index is -0.485. The number of nitrogens with one attached hydrogen (secondary N) is 1. The van der Waals surface area contributed by atoms with Gasteiger partial charge in [-0.1, -0.05) is 23.7 Å². The molecule has 0 aromatic heterocycles. The fourth-order valence-electron chi connectivity index (χ4n) is 3.25. The number of morpholine rings is 1. The van der Waals surface area contributed by atoms with Gasteiger partial charge in [0.25, 0.3) is 11.6 Å². The van der Waals surface area contributed by atoms with E-state index in [1.807, 2.05) is 43.0 Å². The Hall–Kier alpha value is -2.64. The first-order valence-electron chi connectivity index (χ1n) is 9.05. The molecule has 2 aromatic rings. The van der Waals surface area contributed by atoms with Gasteiger partial charge in [-0.25, -0.2) is 0 Å². The van der Waals surface area contributed by atoms with Crippen molar-refractivity contribution in [2.75, 3.05) is 18.4 Å². The topological polar surface area (TPSA) is 84.7 Å². The first kappa shape index (κ1) is 20.1. The van der Waals surface area contributed by atoms with Crippen molar-refractivity contribution in [1.82, 2.24) is 4.90 Å². The van der Waals surface area contributed by atoms with Gasteiger partial charge in [-0.2, -0.15) is 0 Å². The van der Waals surface area contributed by atoms with Gasteiger partial charge in [0.05, 0.1) is 27.8 Å². The van der Waals surface area contributed by atoms with Crippen molar-refractivity contribution in [3.63, 3.8) is 0 Å². The van der Waals surface area contributed by atoms with Crippen LogP contribution in [-0.4, -0.2) is 41.0 Å². The van der Waals surface area contributed by atoms with Gasteiger partial charge in [0, 0.05) is 37.3 Å². The van der Waals surface area contributed by atoms with E-state index in [0.29, 0.717) is 30.9 Å². The molecule has 0 radical (unpaired) electrons. The Kier molecular flexibility index (Phi) is 6.16. The van der Waals surface area contributed by atoms with Crippen molar-refractivity contribution < 1.29 is 14.5 Å². The molecular weight excluding hydrogens is 382 g/mol. The summed E-state index contributed by atoms with van der Waals surface area (Å²) in [6, 6.07) is 11.7. The molecular formula is C20H22ClN3O4. The number of nitro groups is 1. The zero-order valence-corrected chi connectivity index (χ0v) is 16.5. The Morgan fingerprint density at radius 1 is 1.21 bits per heavy atom. The van der Waals surface area contributed by atoms with E-state index in [2.05, 4.69) is 5.32 Å². The van der Waals surface area contributed by atoms with Crippen LogP contribution in [0.2, 0.25) is 5.02 Å². The van der Waals surface area contributed by atoms with Crippen LogP contribution < -0.4 is 5.32 Å². The number of ether oxygens (including phenoxy) is 1. The number of nitro benzene ring substituents is 1. The quantitative estimate of drug-likeness (QED) is 0.599. The summed E-state index contributed by atoms with van der Waals surface area (Å²) in [5, 5.41) is 14.2. The van der Waals surface area contributed by atoms with Gasteiger partial charge in [0.15, 0.2) is 0 Å². The Labute approximate surface area is 168 Å². The summed E-state index contributed by atoms with van der Waals surface area (Å²) in [6.07, 6.45) is 0.0604. The molecule has 0 spiro atoms. The minimum absolute atomic E-state index is 0.0000717. The average molecular weight is 404 g/mol. The normalized spacial score (nSPS) is 19.3. The monoisotopic (exact) mass is 403 g/mol. The first-order chi connectivity index (χ1) is 13.3. The summed E-state index contributed by atoms with van der Waals surface area (Å²) < 4.78 is 5.68. The molecule has 7 nitrogen and oxygen atoms in total. The molecule has 1 heterocycles. The third kappa shape index (κ3) is 4.79. The van der Waals surface area contributed by atoms with Gasteiger partial charge in [-0.05, 0) is 37.6 Å². The van der Waals surface area contributed by atoms with Crippen LogP contribution in [0.15, 0.2) is 42.5 Å². The molecule has 2 atom stereocenters. The minimum Gasteiger partial charge on any atom is -0.380 e. The van der Waals surface area contributed by atoms with Crippen LogP contribution in [-0.2, 0) is 11.3 Å². The van der Waals surface area contributed by atoms with Crippen LogP contribution in [0.4, 0.5) is 11.4 Å². The summed E-state index contributed by atoms with van der Waals surface area (Å²) in [6.45, 7) is 5.59. The van der Waals surface area contributed by atoms with E-state index in [9.17, 15) is 14.9 Å². The first-order valence-corrected chi connectivity index (χ1v) is 9.42. The number of non-ortho nitro benzene ring substituents is 1. The SMILES string of the molecule is CC1CN(C(=O)c2ccc(CNc3ccc([N+](=O)[O-])cc3Cl)cc2)CC(C)O1. The number of hydrogen-bond donors (Lipinski definition) is 1. The van der Waals surface area contributed by atoms with Crippen LogP contribution in [0.5, 0.6) is 0 Å². The van der Waals surface area contributed by atoms with Gasteiger partial charge < -0.3 is 15.0 Å². The number of hydrogen-bond acceptors (Lipinski definition) is 5. The molecule has 1 aliphatic rings. The number of halogens is 1. The van der Waals surface area contributed by atoms with Crippen molar-refractivity contribution in [1.29, 1.82) is 0 Å². The lowest BCUT2D eigenvalue weighted by Gasteiger charge is -2.35. The standard InChI is InChI=1S/C20H22ClN3O4/c1-13-11-23(12-14(2)28-13)20(25)16-5-3-15(4-6-16)10-22-19-8-7-17(24(26)27)9-18(19)21/h3-9,13-14,22H,10-12H2,1-2H3. The average Bonchev–Trinajstić information content (AvgIpc) is 2.66. The van der Waals surface area contributed by atoms with Crippen LogP contribution in [0.25, 0.3) is 0 Å². The van der Waals surface area contributed by atoms with E-state index in [1.54, 1.807) is 6.07 Å². The third-order valence-electron chi connectivity index (χ3n) is 4.55. The predicted molar refractivity (Wildman–Crippen MR) is 108 cm³/mol. The molecule has 1 saturated heterocycles. The van der Waals surface area contributed by atoms with Gasteiger partial charge in [-0.15, -0.1) is 0 Å². The predicted octanol–water partition coefficient (Wildman–Crippen LogP) is 4.11. The van der Waals surface area contributed by atoms with Gasteiger partial charge >= 0.3 is 0 Å². The summed E-state index contributed by atoms with van der Waals surface area (Å²) in [5.41, 5.74) is 2.17. The van der Waals surface area contributed by atoms with Gasteiger partial charge in [0.1, 0.15) is 0 Å². The fourth-order valence-corrected chi connectivity index (χ4v) is 3.49. The van der Waals surface area contributed by atoms with Crippen LogP contribution in [0.1, 0.15) is 29.8 Å². The second-order valence-electron chi connectivity index (χ2n) is 6.94. The van der Waals surface area contributed by atoms with Crippen molar-refractivity contribution in [2.45, 2.75) is 32.6 Å². The number of anilines is 1. The second-order valence-corrected chi connectivity index (χ2v) is 7.35. The lowest BCUT2D eigenvalue weighted by molar-refractivity contribution is -0.384. The largest absolute Gasteiger partial charge is 0.380 e. The molecule has 3 rings (SSSR count). The van der Waals surface area contributed by atoms with E-state index in [4.69, 9.17) is 16.3 Å². The molecule has 148 valence electrons. The van der Waals surface area contributed by atoms with E-state index in [0.717, 1.165) is 5.56 Å². The Bertz CT molecular complexity index is 862. The molecule has 1 amide bonds. The van der Waals surface area contributed by atoms with Crippen molar-refractivity contribution in [3.05, 3.63) is 68.7 Å². The van der Waals surface area contributed by atoms with Crippen LogP contribution >= 0.6 is 11.6 Å². The van der Waals surface area contributed by atoms with E-state index >= 15 is 0 Å². The highest BCUT2D eigenvalue weighted by atomic mass is 35.5. The summed E-state index contributed by atoms with van der Waals surface area (Å²) >= 11 is 6.09. The molecule has 0 bridgehead atoms. The maximum Gasteiger partial charge on any atom is 0.271 e. The highest BCUT2D eigenvalue weighted by Gasteiger charge is 2.26. The second kappa shape index (κ2) is 8.58. The molecule has 2 unspecified atom stereocenters. The molecule has 1 fully saturated rings. The third-order valence-corrected chi connectivity index (χ3v) is 4.87. The number of carbonyl (C=O) groups is 1. The lowest BCUT2D eigenvalue weighted by atomic mass is 10.1. The zero-order chi connectivity index (χ0) is 20.3. The van der Waals surface area contributed by atoms with Crippen LogP contribution in [0, 0.1) is 10.1 Å². The van der Waals surface area contributed by atoms with Crippen molar-refractivity contribution >= 4 is 28.9 Å². The summed E-state index contributed by atoms with van der Waals surface area (Å²) in [7, 11) is 0. The highest BCUT2D eigenvalue weighted by Crippen LogP contribution is 2.27. The number of amides is 1. The van der Waals surface area contributed by atoms with E-state index in [-0.39, 0.29) is 28.8 Å². The number of rotatable bonds is 5. The fraction of sp³-hybridized carbons (Fsp3) is 0.350. The maximum atomic E-state index is 12.7. The Morgan fingerprint density at radius 3 is 2.43 bits per heavy atom. The number of nitrogens with zero attached hydrogens (tertiary/aromatic N) is 2. The Balaban J connectivity index is 1.62. The maximum absolute atomic E-state index is 12.7. The van der Waals surface area contributed by atoms with Crippen molar-refractivity contribution in [2.24, 2.45) is 0 Å².